The zero-order valence-corrected chi connectivity index (χ0v) is 15.8. The average Bonchev–Trinajstić information content (AvgIpc) is 2.95. The first-order valence-electron chi connectivity index (χ1n) is 8.67. The van der Waals surface area contributed by atoms with Gasteiger partial charge in [-0.05, 0) is 37.4 Å². The lowest BCUT2D eigenvalue weighted by atomic mass is 10.00. The summed E-state index contributed by atoms with van der Waals surface area (Å²) < 4.78 is 0. The number of carbonyl (C=O) groups is 1. The summed E-state index contributed by atoms with van der Waals surface area (Å²) in [5.74, 6) is -0.0713. The molecule has 1 N–H and O–H groups in total. The van der Waals surface area contributed by atoms with Gasteiger partial charge in [-0.2, -0.15) is 0 Å². The van der Waals surface area contributed by atoms with Crippen molar-refractivity contribution in [1.82, 2.24) is 9.88 Å². The fourth-order valence-corrected chi connectivity index (χ4v) is 3.92. The first kappa shape index (κ1) is 18.6. The molecule has 130 valence electrons. The fraction of sp³-hybridized carbons (Fsp3) is 0.474. The molecular formula is C19H27N3OS. The van der Waals surface area contributed by atoms with Crippen LogP contribution in [0.1, 0.15) is 56.2 Å². The Morgan fingerprint density at radius 2 is 2.12 bits per heavy atom. The molecule has 0 aliphatic carbocycles. The Morgan fingerprint density at radius 1 is 1.38 bits per heavy atom. The lowest BCUT2D eigenvalue weighted by molar-refractivity contribution is -0.114. The molecule has 0 fully saturated rings. The zero-order valence-electron chi connectivity index (χ0n) is 15.0. The first-order valence-corrected chi connectivity index (χ1v) is 9.49. The summed E-state index contributed by atoms with van der Waals surface area (Å²) in [6.45, 7) is 9.75. The van der Waals surface area contributed by atoms with Crippen LogP contribution in [0.2, 0.25) is 0 Å². The molecule has 0 bridgehead atoms. The van der Waals surface area contributed by atoms with E-state index in [0.29, 0.717) is 11.2 Å². The number of carbonyl (C=O) groups excluding carboxylic acids is 1. The van der Waals surface area contributed by atoms with E-state index in [1.54, 1.807) is 11.3 Å². The molecule has 24 heavy (non-hydrogen) atoms. The molecule has 1 unspecified atom stereocenters. The third kappa shape index (κ3) is 4.65. The molecule has 1 amide bonds. The van der Waals surface area contributed by atoms with Gasteiger partial charge in [0.25, 0.3) is 0 Å². The number of nitrogens with zero attached hydrogens (tertiary/aromatic N) is 2. The maximum atomic E-state index is 11.1. The second-order valence-electron chi connectivity index (χ2n) is 5.76. The molecule has 4 nitrogen and oxygen atoms in total. The standard InChI is InChI=1S/C17H21N3OS.C2H6/c1-12-16-8-4-3-6-14(16)7-5-9-20(12)11-15-10-18-17(22-15)19-13(2)21;1-2/h3-4,6,8,10,12H,5,7,9,11H2,1-2H3,(H,18,19,21);1-2H3. The van der Waals surface area contributed by atoms with Gasteiger partial charge in [0.05, 0.1) is 0 Å². The van der Waals surface area contributed by atoms with Gasteiger partial charge >= 0.3 is 0 Å². The molecule has 1 aliphatic rings. The van der Waals surface area contributed by atoms with Gasteiger partial charge in [0.1, 0.15) is 0 Å². The Labute approximate surface area is 148 Å². The second kappa shape index (κ2) is 8.94. The number of rotatable bonds is 3. The van der Waals surface area contributed by atoms with Crippen LogP contribution in [-0.4, -0.2) is 22.3 Å². The molecule has 0 saturated heterocycles. The van der Waals surface area contributed by atoms with E-state index in [-0.39, 0.29) is 5.91 Å². The van der Waals surface area contributed by atoms with Crippen molar-refractivity contribution in [2.75, 3.05) is 11.9 Å². The van der Waals surface area contributed by atoms with Crippen LogP contribution in [0.4, 0.5) is 5.13 Å². The van der Waals surface area contributed by atoms with Crippen molar-refractivity contribution in [2.24, 2.45) is 0 Å². The second-order valence-corrected chi connectivity index (χ2v) is 6.88. The van der Waals surface area contributed by atoms with Crippen LogP contribution in [-0.2, 0) is 17.8 Å². The highest BCUT2D eigenvalue weighted by Gasteiger charge is 2.22. The summed E-state index contributed by atoms with van der Waals surface area (Å²) >= 11 is 1.56. The van der Waals surface area contributed by atoms with Crippen LogP contribution in [0.3, 0.4) is 0 Å². The van der Waals surface area contributed by atoms with E-state index in [9.17, 15) is 4.79 Å². The topological polar surface area (TPSA) is 45.2 Å². The van der Waals surface area contributed by atoms with Crippen molar-refractivity contribution in [3.8, 4) is 0 Å². The smallest absolute Gasteiger partial charge is 0.223 e. The predicted octanol–water partition coefficient (Wildman–Crippen LogP) is 4.64. The Balaban J connectivity index is 0.00000100. The Morgan fingerprint density at radius 3 is 2.88 bits per heavy atom. The Bertz CT molecular complexity index is 668. The van der Waals surface area contributed by atoms with Gasteiger partial charge < -0.3 is 5.32 Å². The first-order chi connectivity index (χ1) is 11.6. The normalized spacial score (nSPS) is 17.2. The number of nitrogens with one attached hydrogen (secondary N) is 1. The van der Waals surface area contributed by atoms with Gasteiger partial charge in [0, 0.05) is 30.6 Å². The van der Waals surface area contributed by atoms with Crippen LogP contribution in [0.5, 0.6) is 0 Å². The minimum atomic E-state index is -0.0713. The highest BCUT2D eigenvalue weighted by atomic mass is 32.1. The van der Waals surface area contributed by atoms with E-state index in [1.165, 1.54) is 29.3 Å². The molecule has 1 aromatic carbocycles. The number of aromatic nitrogens is 1. The molecule has 1 aliphatic heterocycles. The number of hydrogen-bond acceptors (Lipinski definition) is 4. The fourth-order valence-electron chi connectivity index (χ4n) is 3.04. The average molecular weight is 346 g/mol. The summed E-state index contributed by atoms with van der Waals surface area (Å²) in [4.78, 5) is 19.1. The van der Waals surface area contributed by atoms with Gasteiger partial charge in [0.2, 0.25) is 5.91 Å². The number of aryl methyl sites for hydroxylation is 1. The van der Waals surface area contributed by atoms with Crippen molar-refractivity contribution in [3.63, 3.8) is 0 Å². The van der Waals surface area contributed by atoms with Crippen LogP contribution in [0, 0.1) is 0 Å². The van der Waals surface area contributed by atoms with Crippen LogP contribution in [0.25, 0.3) is 0 Å². The maximum absolute atomic E-state index is 11.1. The van der Waals surface area contributed by atoms with Crippen molar-refractivity contribution >= 4 is 22.4 Å². The quantitative estimate of drug-likeness (QED) is 0.881. The Kier molecular flexibility index (Phi) is 6.94. The number of hydrogen-bond donors (Lipinski definition) is 1. The number of benzene rings is 1. The van der Waals surface area contributed by atoms with E-state index in [2.05, 4.69) is 46.4 Å². The van der Waals surface area contributed by atoms with Gasteiger partial charge in [-0.3, -0.25) is 9.69 Å². The summed E-state index contributed by atoms with van der Waals surface area (Å²) in [5, 5.41) is 3.44. The van der Waals surface area contributed by atoms with Gasteiger partial charge in [-0.25, -0.2) is 4.98 Å². The van der Waals surface area contributed by atoms with Crippen LogP contribution in [0.15, 0.2) is 30.5 Å². The molecule has 5 heteroatoms. The number of anilines is 1. The molecule has 0 spiro atoms. The summed E-state index contributed by atoms with van der Waals surface area (Å²) in [5.41, 5.74) is 2.91. The van der Waals surface area contributed by atoms with Gasteiger partial charge in [-0.1, -0.05) is 38.1 Å². The summed E-state index contributed by atoms with van der Waals surface area (Å²) in [7, 11) is 0. The number of fused-ring (bicyclic) bond motifs is 1. The van der Waals surface area contributed by atoms with Gasteiger partial charge in [-0.15, -0.1) is 11.3 Å². The molecule has 2 heterocycles. The van der Waals surface area contributed by atoms with E-state index < -0.39 is 0 Å². The molecule has 1 aromatic heterocycles. The van der Waals surface area contributed by atoms with E-state index in [4.69, 9.17) is 0 Å². The highest BCUT2D eigenvalue weighted by Crippen LogP contribution is 2.31. The van der Waals surface area contributed by atoms with Gasteiger partial charge in [0.15, 0.2) is 5.13 Å². The summed E-state index contributed by atoms with van der Waals surface area (Å²) in [6.07, 6.45) is 4.20. The lowest BCUT2D eigenvalue weighted by Gasteiger charge is -2.27. The molecule has 3 rings (SSSR count). The predicted molar refractivity (Wildman–Crippen MR) is 101 cm³/mol. The highest BCUT2D eigenvalue weighted by molar-refractivity contribution is 7.15. The van der Waals surface area contributed by atoms with E-state index in [0.717, 1.165) is 19.5 Å². The SMILES string of the molecule is CC.CC(=O)Nc1ncc(CN2CCCc3ccccc3C2C)s1. The summed E-state index contributed by atoms with van der Waals surface area (Å²) in [6, 6.07) is 9.15. The van der Waals surface area contributed by atoms with Crippen molar-refractivity contribution < 1.29 is 4.79 Å². The van der Waals surface area contributed by atoms with Crippen molar-refractivity contribution in [3.05, 3.63) is 46.5 Å². The van der Waals surface area contributed by atoms with E-state index >= 15 is 0 Å². The monoisotopic (exact) mass is 345 g/mol. The zero-order chi connectivity index (χ0) is 17.5. The van der Waals surface area contributed by atoms with Crippen LogP contribution >= 0.6 is 11.3 Å². The Hall–Kier alpha value is -1.72. The maximum Gasteiger partial charge on any atom is 0.223 e. The van der Waals surface area contributed by atoms with Crippen LogP contribution < -0.4 is 5.32 Å². The third-order valence-corrected chi connectivity index (χ3v) is 5.04. The molecule has 2 aromatic rings. The largest absolute Gasteiger partial charge is 0.302 e. The molecule has 0 saturated carbocycles. The molecular weight excluding hydrogens is 318 g/mol. The molecule has 0 radical (unpaired) electrons. The number of thiazole rings is 1. The molecule has 1 atom stereocenters. The number of amides is 1. The van der Waals surface area contributed by atoms with E-state index in [1.807, 2.05) is 20.0 Å². The minimum absolute atomic E-state index is 0.0713. The third-order valence-electron chi connectivity index (χ3n) is 4.14. The minimum Gasteiger partial charge on any atom is -0.302 e. The van der Waals surface area contributed by atoms with Crippen molar-refractivity contribution in [2.45, 2.75) is 53.1 Å². The van der Waals surface area contributed by atoms with Crippen molar-refractivity contribution in [1.29, 1.82) is 0 Å². The lowest BCUT2D eigenvalue weighted by Crippen LogP contribution is -2.26.